The molecule has 0 aliphatic rings. The first-order chi connectivity index (χ1) is 11.5. The summed E-state index contributed by atoms with van der Waals surface area (Å²) in [5.74, 6) is -0.531. The van der Waals surface area contributed by atoms with E-state index in [9.17, 15) is 14.4 Å². The summed E-state index contributed by atoms with van der Waals surface area (Å²) in [6.45, 7) is 5.45. The second-order valence-corrected chi connectivity index (χ2v) is 4.33. The van der Waals surface area contributed by atoms with Gasteiger partial charge in [0.25, 0.3) is 0 Å². The lowest BCUT2D eigenvalue weighted by molar-refractivity contribution is -0.142. The molecule has 1 aromatic carbocycles. The molecule has 132 valence electrons. The maximum Gasteiger partial charge on any atom is 0.513 e. The molecule has 0 radical (unpaired) electrons. The van der Waals surface area contributed by atoms with E-state index >= 15 is 0 Å². The number of carbonyl (C=O) groups excluding carboxylic acids is 3. The third kappa shape index (κ3) is 6.55. The summed E-state index contributed by atoms with van der Waals surface area (Å²) in [5.41, 5.74) is 0.518. The summed E-state index contributed by atoms with van der Waals surface area (Å²) < 4.78 is 24.2. The van der Waals surface area contributed by atoms with Gasteiger partial charge in [-0.2, -0.15) is 0 Å². The third-order valence-corrected chi connectivity index (χ3v) is 2.57. The maximum atomic E-state index is 11.5. The number of carbonyl (C=O) groups is 3. The molecule has 0 amide bonds. The van der Waals surface area contributed by atoms with Crippen LogP contribution in [-0.2, 0) is 25.4 Å². The highest BCUT2D eigenvalue weighted by Gasteiger charge is 2.17. The largest absolute Gasteiger partial charge is 0.513 e. The highest BCUT2D eigenvalue weighted by Crippen LogP contribution is 2.29. The average molecular weight is 340 g/mol. The van der Waals surface area contributed by atoms with Gasteiger partial charge < -0.3 is 23.7 Å². The van der Waals surface area contributed by atoms with Crippen LogP contribution in [0.1, 0.15) is 26.3 Å². The van der Waals surface area contributed by atoms with E-state index < -0.39 is 18.3 Å². The van der Waals surface area contributed by atoms with E-state index in [2.05, 4.69) is 9.47 Å². The molecule has 0 saturated carbocycles. The Morgan fingerprint density at radius 3 is 1.88 bits per heavy atom. The topological polar surface area (TPSA) is 97.4 Å². The molecule has 0 bridgehead atoms. The van der Waals surface area contributed by atoms with Crippen LogP contribution in [0.25, 0.3) is 0 Å². The van der Waals surface area contributed by atoms with Crippen LogP contribution in [0.2, 0.25) is 0 Å². The number of esters is 1. The SMILES string of the molecule is CCOC(=O)Cc1ccc(OC(=O)OCC)c(OC(=O)OCC)c1. The Bertz CT molecular complexity index is 581. The van der Waals surface area contributed by atoms with Gasteiger partial charge in [-0.05, 0) is 38.5 Å². The van der Waals surface area contributed by atoms with Gasteiger partial charge in [-0.3, -0.25) is 4.79 Å². The Kier molecular flexibility index (Phi) is 8.10. The van der Waals surface area contributed by atoms with E-state index in [4.69, 9.17) is 14.2 Å². The van der Waals surface area contributed by atoms with Gasteiger partial charge in [0.15, 0.2) is 11.5 Å². The number of rotatable bonds is 7. The maximum absolute atomic E-state index is 11.5. The lowest BCUT2D eigenvalue weighted by atomic mass is 10.1. The van der Waals surface area contributed by atoms with Crippen molar-refractivity contribution in [2.24, 2.45) is 0 Å². The van der Waals surface area contributed by atoms with Crippen molar-refractivity contribution in [2.45, 2.75) is 27.2 Å². The fraction of sp³-hybridized carbons (Fsp3) is 0.438. The molecule has 8 heteroatoms. The van der Waals surface area contributed by atoms with E-state index in [1.54, 1.807) is 26.8 Å². The van der Waals surface area contributed by atoms with Crippen molar-refractivity contribution in [1.29, 1.82) is 0 Å². The smallest absolute Gasteiger partial charge is 0.466 e. The van der Waals surface area contributed by atoms with Crippen molar-refractivity contribution < 1.29 is 38.1 Å². The molecule has 0 atom stereocenters. The van der Waals surface area contributed by atoms with E-state index in [1.165, 1.54) is 12.1 Å². The summed E-state index contributed by atoms with van der Waals surface area (Å²) in [6.07, 6.45) is -1.92. The minimum Gasteiger partial charge on any atom is -0.466 e. The van der Waals surface area contributed by atoms with Crippen LogP contribution in [-0.4, -0.2) is 38.1 Å². The summed E-state index contributed by atoms with van der Waals surface area (Å²) in [6, 6.07) is 4.33. The molecular weight excluding hydrogens is 320 g/mol. The van der Waals surface area contributed by atoms with Gasteiger partial charge in [-0.1, -0.05) is 6.07 Å². The van der Waals surface area contributed by atoms with Crippen LogP contribution in [0.5, 0.6) is 11.5 Å². The van der Waals surface area contributed by atoms with Crippen molar-refractivity contribution in [3.8, 4) is 11.5 Å². The first-order valence-electron chi connectivity index (χ1n) is 7.47. The number of hydrogen-bond acceptors (Lipinski definition) is 8. The summed E-state index contributed by atoms with van der Waals surface area (Å²) in [4.78, 5) is 34.5. The first kappa shape index (κ1) is 19.3. The lowest BCUT2D eigenvalue weighted by Gasteiger charge is -2.11. The molecule has 0 unspecified atom stereocenters. The van der Waals surface area contributed by atoms with Gasteiger partial charge in [0.05, 0.1) is 26.2 Å². The van der Waals surface area contributed by atoms with Crippen LogP contribution in [0.15, 0.2) is 18.2 Å². The fourth-order valence-corrected chi connectivity index (χ4v) is 1.68. The number of hydrogen-bond donors (Lipinski definition) is 0. The van der Waals surface area contributed by atoms with Crippen LogP contribution >= 0.6 is 0 Å². The minimum absolute atomic E-state index is 0.0211. The Balaban J connectivity index is 2.97. The predicted octanol–water partition coefficient (Wildman–Crippen LogP) is 2.86. The molecule has 1 aromatic rings. The molecule has 24 heavy (non-hydrogen) atoms. The molecule has 0 fully saturated rings. The van der Waals surface area contributed by atoms with Crippen molar-refractivity contribution in [3.63, 3.8) is 0 Å². The highest BCUT2D eigenvalue weighted by atomic mass is 16.7. The average Bonchev–Trinajstić information content (AvgIpc) is 2.50. The fourth-order valence-electron chi connectivity index (χ4n) is 1.68. The van der Waals surface area contributed by atoms with Crippen molar-refractivity contribution in [3.05, 3.63) is 23.8 Å². The van der Waals surface area contributed by atoms with E-state index in [-0.39, 0.29) is 37.7 Å². The van der Waals surface area contributed by atoms with Crippen LogP contribution in [0.4, 0.5) is 9.59 Å². The predicted molar refractivity (Wildman–Crippen MR) is 82.1 cm³/mol. The number of ether oxygens (including phenoxy) is 5. The Morgan fingerprint density at radius 2 is 1.33 bits per heavy atom. The Labute approximate surface area is 139 Å². The lowest BCUT2D eigenvalue weighted by Crippen LogP contribution is -2.14. The Hall–Kier alpha value is -2.77. The van der Waals surface area contributed by atoms with Crippen molar-refractivity contribution >= 4 is 18.3 Å². The highest BCUT2D eigenvalue weighted by molar-refractivity contribution is 5.74. The van der Waals surface area contributed by atoms with Gasteiger partial charge in [0, 0.05) is 0 Å². The molecule has 8 nitrogen and oxygen atoms in total. The van der Waals surface area contributed by atoms with Gasteiger partial charge in [-0.25, -0.2) is 9.59 Å². The quantitative estimate of drug-likeness (QED) is 0.424. The number of benzene rings is 1. The van der Waals surface area contributed by atoms with E-state index in [0.29, 0.717) is 5.56 Å². The molecule has 0 aliphatic heterocycles. The molecule has 0 N–H and O–H groups in total. The summed E-state index contributed by atoms with van der Waals surface area (Å²) >= 11 is 0. The van der Waals surface area contributed by atoms with Crippen LogP contribution in [0, 0.1) is 0 Å². The van der Waals surface area contributed by atoms with Crippen LogP contribution < -0.4 is 9.47 Å². The molecule has 0 heterocycles. The monoisotopic (exact) mass is 340 g/mol. The van der Waals surface area contributed by atoms with Gasteiger partial charge in [-0.15, -0.1) is 0 Å². The van der Waals surface area contributed by atoms with Crippen molar-refractivity contribution in [2.75, 3.05) is 19.8 Å². The normalized spacial score (nSPS) is 9.79. The molecule has 0 aliphatic carbocycles. The van der Waals surface area contributed by atoms with E-state index in [1.807, 2.05) is 0 Å². The Morgan fingerprint density at radius 1 is 0.792 bits per heavy atom. The summed E-state index contributed by atoms with van der Waals surface area (Å²) in [5, 5.41) is 0. The molecular formula is C16H20O8. The molecule has 0 saturated heterocycles. The third-order valence-electron chi connectivity index (χ3n) is 2.57. The van der Waals surface area contributed by atoms with Crippen LogP contribution in [0.3, 0.4) is 0 Å². The zero-order valence-electron chi connectivity index (χ0n) is 13.8. The second kappa shape index (κ2) is 10.1. The second-order valence-electron chi connectivity index (χ2n) is 4.33. The zero-order valence-corrected chi connectivity index (χ0v) is 13.8. The molecule has 1 rings (SSSR count). The standard InChI is InChI=1S/C16H20O8/c1-4-20-14(17)10-11-7-8-12(23-15(18)21-5-2)13(9-11)24-16(19)22-6-3/h7-9H,4-6,10H2,1-3H3. The molecule has 0 aromatic heterocycles. The zero-order chi connectivity index (χ0) is 17.9. The van der Waals surface area contributed by atoms with Gasteiger partial charge in [0.1, 0.15) is 0 Å². The summed E-state index contributed by atoms with van der Waals surface area (Å²) in [7, 11) is 0. The van der Waals surface area contributed by atoms with Crippen molar-refractivity contribution in [1.82, 2.24) is 0 Å². The first-order valence-corrected chi connectivity index (χ1v) is 7.47. The minimum atomic E-state index is -0.959. The molecule has 0 spiro atoms. The van der Waals surface area contributed by atoms with Gasteiger partial charge in [0.2, 0.25) is 0 Å². The van der Waals surface area contributed by atoms with E-state index in [0.717, 1.165) is 0 Å². The van der Waals surface area contributed by atoms with Gasteiger partial charge >= 0.3 is 18.3 Å².